The molecule has 2 rings (SSSR count). The van der Waals surface area contributed by atoms with E-state index in [0.717, 1.165) is 18.5 Å². The van der Waals surface area contributed by atoms with Gasteiger partial charge in [0.2, 0.25) is 5.91 Å². The lowest BCUT2D eigenvalue weighted by Crippen LogP contribution is -2.11. The number of aromatic nitrogens is 2. The molecule has 0 saturated heterocycles. The second-order valence-electron chi connectivity index (χ2n) is 4.40. The van der Waals surface area contributed by atoms with Crippen molar-refractivity contribution >= 4 is 11.9 Å². The fourth-order valence-electron chi connectivity index (χ4n) is 1.95. The zero-order valence-corrected chi connectivity index (χ0v) is 11.0. The van der Waals surface area contributed by atoms with E-state index in [9.17, 15) is 9.59 Å². The van der Waals surface area contributed by atoms with Crippen LogP contribution in [0.1, 0.15) is 39.9 Å². The summed E-state index contributed by atoms with van der Waals surface area (Å²) in [5.74, 6) is -1.56. The molecular formula is C14H15N3O3. The zero-order valence-electron chi connectivity index (χ0n) is 11.0. The second kappa shape index (κ2) is 5.56. The average Bonchev–Trinajstić information content (AvgIpc) is 2.83. The van der Waals surface area contributed by atoms with Crippen LogP contribution >= 0.6 is 0 Å². The summed E-state index contributed by atoms with van der Waals surface area (Å²) in [6, 6.07) is 8.13. The molecule has 1 amide bonds. The van der Waals surface area contributed by atoms with Crippen LogP contribution in [0, 0.1) is 0 Å². The molecule has 1 aromatic carbocycles. The fourth-order valence-corrected chi connectivity index (χ4v) is 1.95. The number of benzene rings is 1. The Morgan fingerprint density at radius 1 is 1.30 bits per heavy atom. The molecule has 0 unspecified atom stereocenters. The van der Waals surface area contributed by atoms with Crippen LogP contribution in [0.2, 0.25) is 0 Å². The molecular weight excluding hydrogens is 258 g/mol. The molecule has 1 heterocycles. The first-order chi connectivity index (χ1) is 9.52. The summed E-state index contributed by atoms with van der Waals surface area (Å²) < 4.78 is 1.58. The van der Waals surface area contributed by atoms with Crippen molar-refractivity contribution in [3.05, 3.63) is 47.3 Å². The number of hydrogen-bond donors (Lipinski definition) is 2. The maximum atomic E-state index is 11.0. The van der Waals surface area contributed by atoms with Gasteiger partial charge in [-0.25, -0.2) is 9.48 Å². The van der Waals surface area contributed by atoms with Gasteiger partial charge < -0.3 is 10.8 Å². The predicted molar refractivity (Wildman–Crippen MR) is 73.0 cm³/mol. The molecule has 6 heteroatoms. The van der Waals surface area contributed by atoms with Crippen molar-refractivity contribution < 1.29 is 14.7 Å². The van der Waals surface area contributed by atoms with E-state index in [2.05, 4.69) is 5.10 Å². The van der Waals surface area contributed by atoms with Gasteiger partial charge in [0.25, 0.3) is 0 Å². The van der Waals surface area contributed by atoms with E-state index < -0.39 is 11.9 Å². The number of primary amides is 1. The molecule has 6 nitrogen and oxygen atoms in total. The summed E-state index contributed by atoms with van der Waals surface area (Å²) in [4.78, 5) is 22.0. The highest BCUT2D eigenvalue weighted by Crippen LogP contribution is 2.15. The Labute approximate surface area is 115 Å². The predicted octanol–water partition coefficient (Wildman–Crippen LogP) is 1.62. The highest BCUT2D eigenvalue weighted by Gasteiger charge is 2.14. The van der Waals surface area contributed by atoms with Gasteiger partial charge in [-0.15, -0.1) is 0 Å². The Kier molecular flexibility index (Phi) is 3.84. The first-order valence-corrected chi connectivity index (χ1v) is 6.25. The summed E-state index contributed by atoms with van der Waals surface area (Å²) in [5.41, 5.74) is 7.11. The van der Waals surface area contributed by atoms with Gasteiger partial charge in [-0.3, -0.25) is 4.79 Å². The standard InChI is InChI=1S/C14H15N3O3/c1-2-3-11-8-12(14(19)20)16-17(11)10-6-4-9(5-7-10)13(15)18/h4-8H,2-3H2,1H3,(H2,15,18)(H,19,20). The van der Waals surface area contributed by atoms with Gasteiger partial charge in [0.15, 0.2) is 5.69 Å². The number of aryl methyl sites for hydroxylation is 1. The molecule has 0 saturated carbocycles. The molecule has 0 aliphatic carbocycles. The van der Waals surface area contributed by atoms with E-state index in [1.165, 1.54) is 0 Å². The van der Waals surface area contributed by atoms with Crippen LogP contribution in [0.3, 0.4) is 0 Å². The third-order valence-corrected chi connectivity index (χ3v) is 2.90. The summed E-state index contributed by atoms with van der Waals surface area (Å²) >= 11 is 0. The van der Waals surface area contributed by atoms with Gasteiger partial charge in [-0.1, -0.05) is 13.3 Å². The van der Waals surface area contributed by atoms with E-state index in [-0.39, 0.29) is 5.69 Å². The summed E-state index contributed by atoms with van der Waals surface area (Å²) in [6.45, 7) is 2.01. The second-order valence-corrected chi connectivity index (χ2v) is 4.40. The molecule has 2 aromatic rings. The molecule has 1 aromatic heterocycles. The summed E-state index contributed by atoms with van der Waals surface area (Å²) in [5, 5.41) is 13.1. The van der Waals surface area contributed by atoms with Gasteiger partial charge in [0, 0.05) is 11.3 Å². The smallest absolute Gasteiger partial charge is 0.356 e. The Bertz CT molecular complexity index is 644. The number of amides is 1. The average molecular weight is 273 g/mol. The van der Waals surface area contributed by atoms with Crippen molar-refractivity contribution in [2.45, 2.75) is 19.8 Å². The van der Waals surface area contributed by atoms with Gasteiger partial charge in [-0.05, 0) is 36.8 Å². The molecule has 0 radical (unpaired) electrons. The lowest BCUT2D eigenvalue weighted by Gasteiger charge is -2.06. The van der Waals surface area contributed by atoms with E-state index in [0.29, 0.717) is 11.3 Å². The molecule has 3 N–H and O–H groups in total. The molecule has 0 aliphatic heterocycles. The number of aromatic carboxylic acids is 1. The number of carbonyl (C=O) groups is 2. The molecule has 104 valence electrons. The molecule has 20 heavy (non-hydrogen) atoms. The van der Waals surface area contributed by atoms with Crippen LogP contribution in [-0.2, 0) is 6.42 Å². The van der Waals surface area contributed by atoms with Gasteiger partial charge >= 0.3 is 5.97 Å². The minimum absolute atomic E-state index is 0.00688. The van der Waals surface area contributed by atoms with Crippen molar-refractivity contribution in [3.8, 4) is 5.69 Å². The lowest BCUT2D eigenvalue weighted by atomic mass is 10.2. The van der Waals surface area contributed by atoms with E-state index >= 15 is 0 Å². The Balaban J connectivity index is 2.44. The minimum Gasteiger partial charge on any atom is -0.476 e. The Hall–Kier alpha value is -2.63. The van der Waals surface area contributed by atoms with Crippen LogP contribution < -0.4 is 5.73 Å². The SMILES string of the molecule is CCCc1cc(C(=O)O)nn1-c1ccc(C(N)=O)cc1. The van der Waals surface area contributed by atoms with Crippen molar-refractivity contribution in [1.29, 1.82) is 0 Å². The fraction of sp³-hybridized carbons (Fsp3) is 0.214. The van der Waals surface area contributed by atoms with E-state index in [1.807, 2.05) is 6.92 Å². The summed E-state index contributed by atoms with van der Waals surface area (Å²) in [6.07, 6.45) is 1.60. The maximum absolute atomic E-state index is 11.0. The minimum atomic E-state index is -1.06. The number of nitrogens with two attached hydrogens (primary N) is 1. The first-order valence-electron chi connectivity index (χ1n) is 6.25. The van der Waals surface area contributed by atoms with Crippen LogP contribution in [-0.4, -0.2) is 26.8 Å². The molecule has 0 spiro atoms. The number of carbonyl (C=O) groups excluding carboxylic acids is 1. The lowest BCUT2D eigenvalue weighted by molar-refractivity contribution is 0.0689. The van der Waals surface area contributed by atoms with Crippen molar-refractivity contribution in [3.63, 3.8) is 0 Å². The topological polar surface area (TPSA) is 98.2 Å². The molecule has 0 atom stereocenters. The third kappa shape index (κ3) is 2.69. The maximum Gasteiger partial charge on any atom is 0.356 e. The number of carboxylic acid groups (broad SMARTS) is 1. The quantitative estimate of drug-likeness (QED) is 0.864. The number of carboxylic acids is 1. The van der Waals surface area contributed by atoms with Crippen molar-refractivity contribution in [1.82, 2.24) is 9.78 Å². The number of nitrogens with zero attached hydrogens (tertiary/aromatic N) is 2. The first kappa shape index (κ1) is 13.8. The van der Waals surface area contributed by atoms with Gasteiger partial charge in [-0.2, -0.15) is 5.10 Å². The molecule has 0 fully saturated rings. The Morgan fingerprint density at radius 3 is 2.45 bits per heavy atom. The van der Waals surface area contributed by atoms with E-state index in [1.54, 1.807) is 35.0 Å². The van der Waals surface area contributed by atoms with Crippen molar-refractivity contribution in [2.75, 3.05) is 0 Å². The monoisotopic (exact) mass is 273 g/mol. The third-order valence-electron chi connectivity index (χ3n) is 2.90. The van der Waals surface area contributed by atoms with Gasteiger partial charge in [0.1, 0.15) is 0 Å². The van der Waals surface area contributed by atoms with Crippen LogP contribution in [0.15, 0.2) is 30.3 Å². The molecule has 0 bridgehead atoms. The van der Waals surface area contributed by atoms with Crippen LogP contribution in [0.4, 0.5) is 0 Å². The summed E-state index contributed by atoms with van der Waals surface area (Å²) in [7, 11) is 0. The largest absolute Gasteiger partial charge is 0.476 e. The van der Waals surface area contributed by atoms with Gasteiger partial charge in [0.05, 0.1) is 5.69 Å². The van der Waals surface area contributed by atoms with Crippen molar-refractivity contribution in [2.24, 2.45) is 5.73 Å². The number of rotatable bonds is 5. The van der Waals surface area contributed by atoms with Crippen LogP contribution in [0.25, 0.3) is 5.69 Å². The van der Waals surface area contributed by atoms with E-state index in [4.69, 9.17) is 10.8 Å². The zero-order chi connectivity index (χ0) is 14.7. The Morgan fingerprint density at radius 2 is 1.95 bits per heavy atom. The highest BCUT2D eigenvalue weighted by atomic mass is 16.4. The van der Waals surface area contributed by atoms with Crippen LogP contribution in [0.5, 0.6) is 0 Å². The highest BCUT2D eigenvalue weighted by molar-refractivity contribution is 5.92. The molecule has 0 aliphatic rings. The normalized spacial score (nSPS) is 10.4. The number of hydrogen-bond acceptors (Lipinski definition) is 3.